The third-order valence-electron chi connectivity index (χ3n) is 4.43. The second kappa shape index (κ2) is 8.56. The van der Waals surface area contributed by atoms with E-state index in [-0.39, 0.29) is 5.84 Å². The number of hydrogen-bond donors (Lipinski definition) is 8. The van der Waals surface area contributed by atoms with Crippen molar-refractivity contribution >= 4 is 47.5 Å². The molecule has 0 bridgehead atoms. The number of halogens is 1. The largest absolute Gasteiger partial charge is 0.490 e. The zero-order chi connectivity index (χ0) is 25.9. The summed E-state index contributed by atoms with van der Waals surface area (Å²) in [6.07, 6.45) is -3.51. The minimum atomic E-state index is -5.89. The number of phosphoric acid groups is 3. The van der Waals surface area contributed by atoms with Crippen LogP contribution in [0.1, 0.15) is 6.92 Å². The van der Waals surface area contributed by atoms with Crippen molar-refractivity contribution in [3.05, 3.63) is 0 Å². The van der Waals surface area contributed by atoms with E-state index in [1.807, 2.05) is 0 Å². The fourth-order valence-electron chi connectivity index (χ4n) is 3.08. The van der Waals surface area contributed by atoms with Crippen molar-refractivity contribution in [1.29, 1.82) is 5.41 Å². The van der Waals surface area contributed by atoms with Crippen LogP contribution in [0, 0.1) is 5.41 Å². The summed E-state index contributed by atoms with van der Waals surface area (Å²) >= 11 is 0. The van der Waals surface area contributed by atoms with E-state index in [9.17, 15) is 33.6 Å². The second-order valence-electron chi connectivity index (χ2n) is 7.13. The number of guanidine groups is 1. The van der Waals surface area contributed by atoms with Crippen LogP contribution in [-0.2, 0) is 36.4 Å². The highest BCUT2D eigenvalue weighted by molar-refractivity contribution is 7.66. The van der Waals surface area contributed by atoms with Crippen LogP contribution in [0.25, 0.3) is 0 Å². The van der Waals surface area contributed by atoms with Gasteiger partial charge in [0.2, 0.25) is 5.96 Å². The van der Waals surface area contributed by atoms with Gasteiger partial charge < -0.3 is 34.5 Å². The Kier molecular flexibility index (Phi) is 6.82. The standard InChI is InChI=1S/C11H17FN5O14P3/c1-10(20)7(19)11(12,2-28-33(24,25)31-34(26,27)30-32(21,22)23)29-8(10)17-3-14-4-5(17)15-9(13)16-6(4)18/h3-4,7-8,19-20H,2H2,1H3,(H,24,25)(H,26,27)(H2,13,16,18)(H2,21,22,23)/t4?,7-,8+,10+,11+/m0/s1. The molecule has 3 unspecified atom stereocenters. The first-order chi connectivity index (χ1) is 15.3. The molecule has 3 aliphatic heterocycles. The SMILES string of the molecule is C[C@]1(O)[C@H](N2C=NC3C(=O)NC(=N)N=C32)O[C@](F)(COP(=O)(O)OP(=O)(O)OP(=O)(O)O)[C@H]1O. The summed E-state index contributed by atoms with van der Waals surface area (Å²) in [5.41, 5.74) is -2.53. The van der Waals surface area contributed by atoms with Crippen LogP contribution in [0.5, 0.6) is 0 Å². The number of phosphoric ester groups is 1. The molecular formula is C11H17FN5O14P3. The zero-order valence-corrected chi connectivity index (χ0v) is 19.2. The Bertz CT molecular complexity index is 1110. The molecule has 1 saturated heterocycles. The van der Waals surface area contributed by atoms with Crippen molar-refractivity contribution in [2.45, 2.75) is 36.8 Å². The van der Waals surface area contributed by atoms with E-state index in [2.05, 4.69) is 28.4 Å². The lowest BCUT2D eigenvalue weighted by Gasteiger charge is -2.33. The molecule has 1 amide bonds. The number of aliphatic hydroxyl groups is 2. The van der Waals surface area contributed by atoms with Gasteiger partial charge in [-0.15, -0.1) is 0 Å². The maximum absolute atomic E-state index is 15.4. The van der Waals surface area contributed by atoms with Gasteiger partial charge in [0.15, 0.2) is 18.1 Å². The normalized spacial score (nSPS) is 37.1. The molecular weight excluding hydrogens is 538 g/mol. The number of rotatable bonds is 8. The molecule has 0 aromatic carbocycles. The number of ether oxygens (including phenoxy) is 1. The molecule has 0 saturated carbocycles. The first-order valence-electron chi connectivity index (χ1n) is 8.61. The first kappa shape index (κ1) is 27.1. The third-order valence-corrected chi connectivity index (χ3v) is 8.21. The van der Waals surface area contributed by atoms with Gasteiger partial charge in [-0.05, 0) is 6.92 Å². The summed E-state index contributed by atoms with van der Waals surface area (Å²) < 4.78 is 65.3. The van der Waals surface area contributed by atoms with E-state index in [4.69, 9.17) is 24.8 Å². The van der Waals surface area contributed by atoms with Gasteiger partial charge in [0.25, 0.3) is 11.8 Å². The molecule has 8 N–H and O–H groups in total. The predicted molar refractivity (Wildman–Crippen MR) is 103 cm³/mol. The Balaban J connectivity index is 1.77. The van der Waals surface area contributed by atoms with Gasteiger partial charge in [-0.25, -0.2) is 18.1 Å². The lowest BCUT2D eigenvalue weighted by Crippen LogP contribution is -2.57. The molecule has 3 heterocycles. The highest BCUT2D eigenvalue weighted by atomic mass is 31.3. The second-order valence-corrected chi connectivity index (χ2v) is 11.6. The monoisotopic (exact) mass is 555 g/mol. The van der Waals surface area contributed by atoms with Gasteiger partial charge in [0.05, 0.1) is 6.34 Å². The third kappa shape index (κ3) is 5.50. The number of amides is 1. The van der Waals surface area contributed by atoms with Crippen molar-refractivity contribution in [2.75, 3.05) is 6.61 Å². The van der Waals surface area contributed by atoms with Gasteiger partial charge in [-0.2, -0.15) is 13.6 Å². The maximum atomic E-state index is 15.4. The van der Waals surface area contributed by atoms with E-state index in [1.54, 1.807) is 0 Å². The van der Waals surface area contributed by atoms with Crippen LogP contribution < -0.4 is 5.32 Å². The number of alkyl halides is 1. The molecule has 19 nitrogen and oxygen atoms in total. The van der Waals surface area contributed by atoms with Crippen molar-refractivity contribution < 1.29 is 70.5 Å². The molecule has 3 aliphatic rings. The molecule has 1 fully saturated rings. The Labute approximate surface area is 187 Å². The average Bonchev–Trinajstić information content (AvgIpc) is 3.11. The van der Waals surface area contributed by atoms with Crippen molar-refractivity contribution in [2.24, 2.45) is 9.98 Å². The molecule has 23 heteroatoms. The van der Waals surface area contributed by atoms with E-state index in [0.29, 0.717) is 0 Å². The van der Waals surface area contributed by atoms with Crippen LogP contribution in [0.4, 0.5) is 4.39 Å². The van der Waals surface area contributed by atoms with E-state index in [1.165, 1.54) is 0 Å². The minimum absolute atomic E-state index is 0.275. The lowest BCUT2D eigenvalue weighted by atomic mass is 9.95. The maximum Gasteiger partial charge on any atom is 0.490 e. The number of aliphatic imine (C=N–C) groups is 2. The van der Waals surface area contributed by atoms with Crippen LogP contribution in [0.2, 0.25) is 0 Å². The fraction of sp³-hybridized carbons (Fsp3) is 0.636. The van der Waals surface area contributed by atoms with Crippen LogP contribution in [0.15, 0.2) is 9.98 Å². The Hall–Kier alpha value is -1.50. The molecule has 0 aromatic rings. The van der Waals surface area contributed by atoms with Gasteiger partial charge in [0.1, 0.15) is 18.3 Å². The highest BCUT2D eigenvalue weighted by Gasteiger charge is 2.65. The Morgan fingerprint density at radius 1 is 1.26 bits per heavy atom. The van der Waals surface area contributed by atoms with Gasteiger partial charge in [-0.1, -0.05) is 0 Å². The van der Waals surface area contributed by atoms with E-state index in [0.717, 1.165) is 18.2 Å². The first-order valence-corrected chi connectivity index (χ1v) is 13.1. The number of nitrogens with zero attached hydrogens (tertiary/aromatic N) is 3. The Morgan fingerprint density at radius 3 is 2.47 bits per heavy atom. The van der Waals surface area contributed by atoms with Crippen LogP contribution in [-0.4, -0.2) is 95.2 Å². The molecule has 0 aromatic heterocycles. The molecule has 3 rings (SSSR count). The highest BCUT2D eigenvalue weighted by Crippen LogP contribution is 2.66. The smallest absolute Gasteiger partial charge is 0.384 e. The van der Waals surface area contributed by atoms with Gasteiger partial charge >= 0.3 is 23.5 Å². The average molecular weight is 555 g/mol. The van der Waals surface area contributed by atoms with Crippen molar-refractivity contribution in [3.63, 3.8) is 0 Å². The lowest BCUT2D eigenvalue weighted by molar-refractivity contribution is -0.202. The Morgan fingerprint density at radius 2 is 1.88 bits per heavy atom. The number of carbonyl (C=O) groups excluding carboxylic acids is 1. The number of fused-ring (bicyclic) bond motifs is 1. The molecule has 7 atom stereocenters. The number of nitrogens with one attached hydrogen (secondary N) is 2. The zero-order valence-electron chi connectivity index (χ0n) is 16.5. The quantitative estimate of drug-likeness (QED) is 0.145. The number of amidine groups is 1. The number of aliphatic hydroxyl groups excluding tert-OH is 1. The van der Waals surface area contributed by atoms with Crippen LogP contribution in [0.3, 0.4) is 0 Å². The summed E-state index contributed by atoms with van der Waals surface area (Å²) in [6, 6.07) is -1.28. The summed E-state index contributed by atoms with van der Waals surface area (Å²) in [7, 11) is -17.3. The molecule has 34 heavy (non-hydrogen) atoms. The van der Waals surface area contributed by atoms with E-state index >= 15 is 4.39 Å². The van der Waals surface area contributed by atoms with Gasteiger partial charge in [0, 0.05) is 0 Å². The summed E-state index contributed by atoms with van der Waals surface area (Å²) in [5.74, 6) is -5.16. The van der Waals surface area contributed by atoms with Gasteiger partial charge in [-0.3, -0.25) is 29.9 Å². The van der Waals surface area contributed by atoms with Crippen LogP contribution >= 0.6 is 23.5 Å². The molecule has 0 aliphatic carbocycles. The van der Waals surface area contributed by atoms with Crippen molar-refractivity contribution in [3.8, 4) is 0 Å². The molecule has 192 valence electrons. The number of carbonyl (C=O) groups is 1. The van der Waals surface area contributed by atoms with Crippen molar-refractivity contribution in [1.82, 2.24) is 10.2 Å². The molecule has 0 spiro atoms. The number of hydrogen-bond acceptors (Lipinski definition) is 13. The van der Waals surface area contributed by atoms with E-state index < -0.39 is 71.8 Å². The predicted octanol–water partition coefficient (Wildman–Crippen LogP) is -2.36. The minimum Gasteiger partial charge on any atom is -0.384 e. The summed E-state index contributed by atoms with van der Waals surface area (Å²) in [4.78, 5) is 55.8. The summed E-state index contributed by atoms with van der Waals surface area (Å²) in [5, 5.41) is 30.5. The molecule has 0 radical (unpaired) electrons. The fourth-order valence-corrected chi connectivity index (χ4v) is 6.12. The topological polar surface area (TPSA) is 290 Å². The summed E-state index contributed by atoms with van der Waals surface area (Å²) in [6.45, 7) is -0.855.